The first-order valence-corrected chi connectivity index (χ1v) is 11.5. The van der Waals surface area contributed by atoms with Crippen molar-refractivity contribution in [2.45, 2.75) is 11.3 Å². The third-order valence-electron chi connectivity index (χ3n) is 4.61. The Balaban J connectivity index is 1.97. The molecule has 0 amide bonds. The predicted molar refractivity (Wildman–Crippen MR) is 120 cm³/mol. The van der Waals surface area contributed by atoms with Gasteiger partial charge in [-0.2, -0.15) is 0 Å². The first-order chi connectivity index (χ1) is 15.4. The molecular formula is C21H11Cl3F3NO4S. The smallest absolute Gasteiger partial charge is 0.505 e. The van der Waals surface area contributed by atoms with Gasteiger partial charge in [0.05, 0.1) is 16.2 Å². The van der Waals surface area contributed by atoms with Crippen LogP contribution in [0.2, 0.25) is 15.1 Å². The van der Waals surface area contributed by atoms with Crippen LogP contribution in [0.3, 0.4) is 0 Å². The van der Waals surface area contributed by atoms with Crippen molar-refractivity contribution in [2.75, 3.05) is 0 Å². The van der Waals surface area contributed by atoms with E-state index in [1.165, 1.54) is 42.5 Å². The minimum atomic E-state index is -4.88. The van der Waals surface area contributed by atoms with Gasteiger partial charge in [-0.3, -0.25) is 0 Å². The first kappa shape index (κ1) is 23.6. The lowest BCUT2D eigenvalue weighted by Crippen LogP contribution is -2.17. The Kier molecular flexibility index (Phi) is 5.94. The standard InChI is InChI=1S/C21H11Cl3F3NO4S/c22-13-3-6-17-12(7-13)8-18(11-1-4-15(5-2-11)32-21(25,26)27)28(17)33(30,31)19-10-14(23)9-16(24)20(19)29/h1-10,29H. The minimum absolute atomic E-state index is 0.0221. The molecule has 33 heavy (non-hydrogen) atoms. The molecule has 0 atom stereocenters. The second kappa shape index (κ2) is 8.32. The van der Waals surface area contributed by atoms with Gasteiger partial charge in [0.25, 0.3) is 10.0 Å². The number of hydrogen-bond acceptors (Lipinski definition) is 4. The quantitative estimate of drug-likeness (QED) is 0.302. The van der Waals surface area contributed by atoms with Crippen LogP contribution >= 0.6 is 34.8 Å². The molecule has 1 heterocycles. The molecule has 1 aromatic heterocycles. The molecule has 0 fully saturated rings. The van der Waals surface area contributed by atoms with Crippen molar-refractivity contribution in [3.05, 3.63) is 75.7 Å². The molecule has 0 unspecified atom stereocenters. The van der Waals surface area contributed by atoms with E-state index >= 15 is 0 Å². The van der Waals surface area contributed by atoms with Crippen LogP contribution in [0.15, 0.2) is 65.6 Å². The highest BCUT2D eigenvalue weighted by atomic mass is 35.5. The second-order valence-corrected chi connectivity index (χ2v) is 9.84. The van der Waals surface area contributed by atoms with Crippen LogP contribution in [0.1, 0.15) is 0 Å². The maximum Gasteiger partial charge on any atom is 0.573 e. The Morgan fingerprint density at radius 2 is 1.55 bits per heavy atom. The minimum Gasteiger partial charge on any atom is -0.505 e. The van der Waals surface area contributed by atoms with E-state index in [2.05, 4.69) is 4.74 Å². The van der Waals surface area contributed by atoms with Gasteiger partial charge in [-0.05, 0) is 66.2 Å². The summed E-state index contributed by atoms with van der Waals surface area (Å²) in [6.45, 7) is 0. The van der Waals surface area contributed by atoms with Gasteiger partial charge < -0.3 is 9.84 Å². The zero-order valence-corrected chi connectivity index (χ0v) is 19.2. The number of aromatic hydroxyl groups is 1. The topological polar surface area (TPSA) is 68.5 Å². The highest BCUT2D eigenvalue weighted by molar-refractivity contribution is 7.90. The molecule has 4 aromatic rings. The van der Waals surface area contributed by atoms with Gasteiger partial charge in [0.1, 0.15) is 10.6 Å². The van der Waals surface area contributed by atoms with Crippen LogP contribution in [0.4, 0.5) is 13.2 Å². The van der Waals surface area contributed by atoms with Crippen LogP contribution in [-0.2, 0) is 10.0 Å². The number of aromatic nitrogens is 1. The fourth-order valence-electron chi connectivity index (χ4n) is 3.29. The van der Waals surface area contributed by atoms with Gasteiger partial charge in [0, 0.05) is 15.4 Å². The van der Waals surface area contributed by atoms with Crippen molar-refractivity contribution in [3.63, 3.8) is 0 Å². The molecule has 0 aliphatic heterocycles. The SMILES string of the molecule is O=S(=O)(c1cc(Cl)cc(Cl)c1O)n1c(-c2ccc(OC(F)(F)F)cc2)cc2cc(Cl)ccc21. The number of rotatable bonds is 4. The Bertz CT molecular complexity index is 1480. The Hall–Kier alpha value is -2.59. The number of benzene rings is 3. The van der Waals surface area contributed by atoms with Gasteiger partial charge in [0.2, 0.25) is 0 Å². The number of halogens is 6. The van der Waals surface area contributed by atoms with Crippen molar-refractivity contribution in [3.8, 4) is 22.8 Å². The normalized spacial score (nSPS) is 12.3. The fourth-order valence-corrected chi connectivity index (χ4v) is 5.75. The van der Waals surface area contributed by atoms with Crippen LogP contribution in [-0.4, -0.2) is 23.9 Å². The van der Waals surface area contributed by atoms with E-state index in [-0.39, 0.29) is 26.8 Å². The van der Waals surface area contributed by atoms with E-state index in [9.17, 15) is 26.7 Å². The molecule has 3 aromatic carbocycles. The summed E-state index contributed by atoms with van der Waals surface area (Å²) in [7, 11) is -4.49. The summed E-state index contributed by atoms with van der Waals surface area (Å²) in [6, 6.07) is 12.8. The van der Waals surface area contributed by atoms with E-state index in [0.717, 1.165) is 22.2 Å². The third kappa shape index (κ3) is 4.59. The fraction of sp³-hybridized carbons (Fsp3) is 0.0476. The predicted octanol–water partition coefficient (Wildman–Crippen LogP) is 7.11. The summed E-state index contributed by atoms with van der Waals surface area (Å²) in [5, 5.41) is 10.8. The highest BCUT2D eigenvalue weighted by Gasteiger charge is 2.31. The molecule has 4 rings (SSSR count). The summed E-state index contributed by atoms with van der Waals surface area (Å²) in [6.07, 6.45) is -4.88. The number of hydrogen-bond donors (Lipinski definition) is 1. The van der Waals surface area contributed by atoms with E-state index < -0.39 is 32.8 Å². The van der Waals surface area contributed by atoms with E-state index in [1.807, 2.05) is 0 Å². The monoisotopic (exact) mass is 535 g/mol. The van der Waals surface area contributed by atoms with Gasteiger partial charge in [-0.15, -0.1) is 13.2 Å². The van der Waals surface area contributed by atoms with Crippen LogP contribution < -0.4 is 4.74 Å². The van der Waals surface area contributed by atoms with Gasteiger partial charge in [-0.1, -0.05) is 34.8 Å². The Morgan fingerprint density at radius 1 is 0.879 bits per heavy atom. The van der Waals surface area contributed by atoms with Gasteiger partial charge in [0.15, 0.2) is 5.75 Å². The van der Waals surface area contributed by atoms with Crippen molar-refractivity contribution in [1.82, 2.24) is 3.97 Å². The van der Waals surface area contributed by atoms with E-state index in [1.54, 1.807) is 0 Å². The highest BCUT2D eigenvalue weighted by Crippen LogP contribution is 2.39. The van der Waals surface area contributed by atoms with Crippen LogP contribution in [0, 0.1) is 0 Å². The molecule has 0 aliphatic carbocycles. The van der Waals surface area contributed by atoms with Gasteiger partial charge >= 0.3 is 6.36 Å². The molecule has 0 saturated heterocycles. The summed E-state index contributed by atoms with van der Waals surface area (Å²) in [4.78, 5) is -0.550. The average Bonchev–Trinajstić information content (AvgIpc) is 3.09. The number of nitrogens with zero attached hydrogens (tertiary/aromatic N) is 1. The van der Waals surface area contributed by atoms with Crippen molar-refractivity contribution in [2.24, 2.45) is 0 Å². The number of phenolic OH excluding ortho intramolecular Hbond substituents is 1. The molecule has 0 spiro atoms. The molecule has 1 N–H and O–H groups in total. The lowest BCUT2D eigenvalue weighted by molar-refractivity contribution is -0.274. The largest absolute Gasteiger partial charge is 0.573 e. The molecule has 5 nitrogen and oxygen atoms in total. The zero-order chi connectivity index (χ0) is 24.1. The van der Waals surface area contributed by atoms with Crippen LogP contribution in [0.5, 0.6) is 11.5 Å². The summed E-state index contributed by atoms with van der Waals surface area (Å²) in [5.41, 5.74) is 0.565. The molecule has 0 radical (unpaired) electrons. The van der Waals surface area contributed by atoms with E-state index in [4.69, 9.17) is 34.8 Å². The number of fused-ring (bicyclic) bond motifs is 1. The molecule has 0 aliphatic rings. The Labute approximate surface area is 200 Å². The molecule has 172 valence electrons. The summed E-state index contributed by atoms with van der Waals surface area (Å²) in [5.74, 6) is -1.17. The maximum absolute atomic E-state index is 13.6. The Morgan fingerprint density at radius 3 is 2.18 bits per heavy atom. The third-order valence-corrected chi connectivity index (χ3v) is 7.10. The van der Waals surface area contributed by atoms with Crippen LogP contribution in [0.25, 0.3) is 22.2 Å². The number of alkyl halides is 3. The molecule has 0 saturated carbocycles. The van der Waals surface area contributed by atoms with Gasteiger partial charge in [-0.25, -0.2) is 12.4 Å². The van der Waals surface area contributed by atoms with Crippen molar-refractivity contribution >= 4 is 55.7 Å². The second-order valence-electron chi connectivity index (χ2n) is 6.81. The average molecular weight is 537 g/mol. The lowest BCUT2D eigenvalue weighted by atomic mass is 10.1. The van der Waals surface area contributed by atoms with E-state index in [0.29, 0.717) is 10.4 Å². The number of phenols is 1. The van der Waals surface area contributed by atoms with Crippen molar-refractivity contribution in [1.29, 1.82) is 0 Å². The molecule has 12 heteroatoms. The lowest BCUT2D eigenvalue weighted by Gasteiger charge is -2.15. The number of ether oxygens (including phenoxy) is 1. The summed E-state index contributed by atoms with van der Waals surface area (Å²) >= 11 is 17.9. The van der Waals surface area contributed by atoms with Crippen molar-refractivity contribution < 1.29 is 31.4 Å². The zero-order valence-electron chi connectivity index (χ0n) is 16.1. The summed E-state index contributed by atoms with van der Waals surface area (Å²) < 4.78 is 69.6. The molecular weight excluding hydrogens is 526 g/mol. The first-order valence-electron chi connectivity index (χ1n) is 8.97. The molecule has 0 bridgehead atoms. The maximum atomic E-state index is 13.6.